The molecular formula is C23H31ClN2O. The van der Waals surface area contributed by atoms with Crippen LogP contribution in [0.2, 0.25) is 5.15 Å². The quantitative estimate of drug-likeness (QED) is 0.621. The van der Waals surface area contributed by atoms with Crippen LogP contribution < -0.4 is 10.1 Å². The molecule has 0 amide bonds. The highest BCUT2D eigenvalue weighted by Crippen LogP contribution is 2.42. The summed E-state index contributed by atoms with van der Waals surface area (Å²) in [6.07, 6.45) is 9.31. The van der Waals surface area contributed by atoms with Crippen molar-refractivity contribution in [3.8, 4) is 5.75 Å². The molecule has 0 spiro atoms. The van der Waals surface area contributed by atoms with Crippen LogP contribution in [-0.2, 0) is 0 Å². The average Bonchev–Trinajstić information content (AvgIpc) is 2.61. The molecule has 4 rings (SSSR count). The molecule has 3 nitrogen and oxygen atoms in total. The van der Waals surface area contributed by atoms with E-state index in [1.807, 2.05) is 6.07 Å². The van der Waals surface area contributed by atoms with Gasteiger partial charge in [0.25, 0.3) is 0 Å². The number of fused-ring (bicyclic) bond motifs is 2. The first-order valence-corrected chi connectivity index (χ1v) is 10.8. The van der Waals surface area contributed by atoms with Crippen molar-refractivity contribution >= 4 is 22.5 Å². The minimum absolute atomic E-state index is 0.170. The van der Waals surface area contributed by atoms with Crippen molar-refractivity contribution in [2.75, 3.05) is 6.54 Å². The van der Waals surface area contributed by atoms with E-state index in [4.69, 9.17) is 16.3 Å². The highest BCUT2D eigenvalue weighted by atomic mass is 35.5. The molecule has 2 aromatic rings. The number of pyridine rings is 1. The molecule has 0 radical (unpaired) electrons. The standard InChI is InChI=1S/C23H31ClN2O/c1-15-11-22(24)26-19-12-18-20(25-10-9-16-7-5-4-6-8-16)14-23(2,3)27-21(18)13-17(15)19/h11-13,16,20,25H,4-10,14H2,1-3H3. The zero-order valence-corrected chi connectivity index (χ0v) is 17.5. The first-order valence-electron chi connectivity index (χ1n) is 10.4. The Morgan fingerprint density at radius 1 is 1.19 bits per heavy atom. The first kappa shape index (κ1) is 19.0. The largest absolute Gasteiger partial charge is 0.487 e. The summed E-state index contributed by atoms with van der Waals surface area (Å²) in [4.78, 5) is 4.55. The van der Waals surface area contributed by atoms with Gasteiger partial charge in [-0.05, 0) is 63.4 Å². The molecule has 1 aliphatic heterocycles. The number of halogens is 1. The maximum Gasteiger partial charge on any atom is 0.130 e. The fraction of sp³-hybridized carbons (Fsp3) is 0.609. The lowest BCUT2D eigenvalue weighted by atomic mass is 9.86. The highest BCUT2D eigenvalue weighted by Gasteiger charge is 2.34. The van der Waals surface area contributed by atoms with Gasteiger partial charge in [-0.15, -0.1) is 0 Å². The van der Waals surface area contributed by atoms with Gasteiger partial charge in [-0.3, -0.25) is 0 Å². The number of nitrogens with one attached hydrogen (secondary N) is 1. The van der Waals surface area contributed by atoms with Gasteiger partial charge in [-0.2, -0.15) is 0 Å². The maximum absolute atomic E-state index is 6.34. The van der Waals surface area contributed by atoms with E-state index in [-0.39, 0.29) is 5.60 Å². The van der Waals surface area contributed by atoms with Crippen LogP contribution in [0.3, 0.4) is 0 Å². The van der Waals surface area contributed by atoms with E-state index >= 15 is 0 Å². The molecular weight excluding hydrogens is 356 g/mol. The maximum atomic E-state index is 6.34. The Morgan fingerprint density at radius 3 is 2.74 bits per heavy atom. The van der Waals surface area contributed by atoms with Gasteiger partial charge in [-0.1, -0.05) is 43.7 Å². The first-order chi connectivity index (χ1) is 12.9. The van der Waals surface area contributed by atoms with Crippen molar-refractivity contribution in [1.82, 2.24) is 10.3 Å². The molecule has 1 N–H and O–H groups in total. The molecule has 1 aromatic heterocycles. The molecule has 4 heteroatoms. The van der Waals surface area contributed by atoms with E-state index in [9.17, 15) is 0 Å². The number of hydrogen-bond acceptors (Lipinski definition) is 3. The predicted molar refractivity (Wildman–Crippen MR) is 113 cm³/mol. The van der Waals surface area contributed by atoms with Crippen LogP contribution in [0.4, 0.5) is 0 Å². The molecule has 146 valence electrons. The SMILES string of the molecule is Cc1cc(Cl)nc2cc3c(cc12)OC(C)(C)CC3NCCC1CCCCC1. The monoisotopic (exact) mass is 386 g/mol. The number of benzene rings is 1. The van der Waals surface area contributed by atoms with Crippen LogP contribution in [-0.4, -0.2) is 17.1 Å². The van der Waals surface area contributed by atoms with Crippen LogP contribution in [0.25, 0.3) is 10.9 Å². The summed E-state index contributed by atoms with van der Waals surface area (Å²) in [5.41, 5.74) is 3.15. The van der Waals surface area contributed by atoms with Crippen LogP contribution in [0.1, 0.15) is 76.0 Å². The Labute approximate surface area is 167 Å². The summed E-state index contributed by atoms with van der Waals surface area (Å²) in [6.45, 7) is 7.52. The number of rotatable bonds is 4. The van der Waals surface area contributed by atoms with Gasteiger partial charge in [0.2, 0.25) is 0 Å². The fourth-order valence-corrected chi connectivity index (χ4v) is 5.07. The summed E-state index contributed by atoms with van der Waals surface area (Å²) in [5.74, 6) is 1.89. The van der Waals surface area contributed by atoms with E-state index in [1.54, 1.807) is 0 Å². The molecule has 1 fully saturated rings. The zero-order chi connectivity index (χ0) is 19.0. The lowest BCUT2D eigenvalue weighted by Crippen LogP contribution is -2.40. The van der Waals surface area contributed by atoms with Crippen molar-refractivity contribution in [2.24, 2.45) is 5.92 Å². The number of aromatic nitrogens is 1. The van der Waals surface area contributed by atoms with Crippen molar-refractivity contribution in [1.29, 1.82) is 0 Å². The van der Waals surface area contributed by atoms with Gasteiger partial charge in [0.05, 0.1) is 5.52 Å². The van der Waals surface area contributed by atoms with E-state index in [0.717, 1.165) is 41.1 Å². The second-order valence-corrected chi connectivity index (χ2v) is 9.42. The van der Waals surface area contributed by atoms with Gasteiger partial charge >= 0.3 is 0 Å². The Morgan fingerprint density at radius 2 is 1.96 bits per heavy atom. The van der Waals surface area contributed by atoms with Gasteiger partial charge in [0, 0.05) is 23.4 Å². The molecule has 2 aliphatic rings. The van der Waals surface area contributed by atoms with E-state index in [0.29, 0.717) is 11.2 Å². The lowest BCUT2D eigenvalue weighted by Gasteiger charge is -2.38. The molecule has 1 unspecified atom stereocenters. The minimum Gasteiger partial charge on any atom is -0.487 e. The van der Waals surface area contributed by atoms with Gasteiger partial charge in [0.1, 0.15) is 16.5 Å². The third-order valence-corrected chi connectivity index (χ3v) is 6.43. The van der Waals surface area contributed by atoms with Gasteiger partial charge < -0.3 is 10.1 Å². The zero-order valence-electron chi connectivity index (χ0n) is 16.8. The summed E-state index contributed by atoms with van der Waals surface area (Å²) >= 11 is 6.20. The number of ether oxygens (including phenoxy) is 1. The molecule has 0 saturated heterocycles. The summed E-state index contributed by atoms with van der Waals surface area (Å²) in [6, 6.07) is 6.55. The topological polar surface area (TPSA) is 34.1 Å². The molecule has 1 aromatic carbocycles. The van der Waals surface area contributed by atoms with Crippen molar-refractivity contribution in [3.05, 3.63) is 34.5 Å². The number of hydrogen-bond donors (Lipinski definition) is 1. The van der Waals surface area contributed by atoms with Crippen LogP contribution in [0.5, 0.6) is 5.75 Å². The Bertz CT molecular complexity index is 827. The predicted octanol–water partition coefficient (Wildman–Crippen LogP) is 6.36. The highest BCUT2D eigenvalue weighted by molar-refractivity contribution is 6.29. The molecule has 2 heterocycles. The average molecular weight is 387 g/mol. The third-order valence-electron chi connectivity index (χ3n) is 6.24. The van der Waals surface area contributed by atoms with E-state index < -0.39 is 0 Å². The van der Waals surface area contributed by atoms with E-state index in [2.05, 4.69) is 43.2 Å². The summed E-state index contributed by atoms with van der Waals surface area (Å²) < 4.78 is 6.34. The molecule has 1 aliphatic carbocycles. The lowest BCUT2D eigenvalue weighted by molar-refractivity contribution is 0.0659. The van der Waals surface area contributed by atoms with Crippen molar-refractivity contribution in [3.63, 3.8) is 0 Å². The number of nitrogens with zero attached hydrogens (tertiary/aromatic N) is 1. The molecule has 1 atom stereocenters. The number of aryl methyl sites for hydroxylation is 1. The van der Waals surface area contributed by atoms with Crippen LogP contribution >= 0.6 is 11.6 Å². The fourth-order valence-electron chi connectivity index (χ4n) is 4.82. The Balaban J connectivity index is 1.58. The Hall–Kier alpha value is -1.32. The third kappa shape index (κ3) is 4.25. The second kappa shape index (κ2) is 7.60. The van der Waals surface area contributed by atoms with Crippen molar-refractivity contribution in [2.45, 2.75) is 77.4 Å². The smallest absolute Gasteiger partial charge is 0.130 e. The van der Waals surface area contributed by atoms with Crippen LogP contribution in [0.15, 0.2) is 18.2 Å². The minimum atomic E-state index is -0.170. The molecule has 0 bridgehead atoms. The summed E-state index contributed by atoms with van der Waals surface area (Å²) in [5, 5.41) is 5.51. The second-order valence-electron chi connectivity index (χ2n) is 9.03. The Kier molecular flexibility index (Phi) is 5.35. The van der Waals surface area contributed by atoms with Gasteiger partial charge in [0.15, 0.2) is 0 Å². The van der Waals surface area contributed by atoms with Crippen LogP contribution in [0, 0.1) is 12.8 Å². The van der Waals surface area contributed by atoms with Gasteiger partial charge in [-0.25, -0.2) is 4.98 Å². The summed E-state index contributed by atoms with van der Waals surface area (Å²) in [7, 11) is 0. The van der Waals surface area contributed by atoms with Crippen molar-refractivity contribution < 1.29 is 4.74 Å². The molecule has 27 heavy (non-hydrogen) atoms. The van der Waals surface area contributed by atoms with E-state index in [1.165, 1.54) is 44.1 Å². The normalized spacial score (nSPS) is 22.4. The molecule has 1 saturated carbocycles.